The van der Waals surface area contributed by atoms with Crippen molar-refractivity contribution in [1.29, 1.82) is 0 Å². The van der Waals surface area contributed by atoms with Gasteiger partial charge in [0.05, 0.1) is 0 Å². The van der Waals surface area contributed by atoms with E-state index < -0.39 is 0 Å². The average Bonchev–Trinajstić information content (AvgIpc) is 2.42. The molecule has 1 N–H and O–H groups in total. The van der Waals surface area contributed by atoms with E-state index in [0.29, 0.717) is 5.56 Å². The van der Waals surface area contributed by atoms with E-state index in [0.717, 1.165) is 17.8 Å². The number of hydrogen-bond acceptors (Lipinski definition) is 2. The molecule has 0 saturated carbocycles. The predicted molar refractivity (Wildman–Crippen MR) is 83.0 cm³/mol. The highest BCUT2D eigenvalue weighted by atomic mass is 16.1. The first kappa shape index (κ1) is 14.3. The van der Waals surface area contributed by atoms with Crippen molar-refractivity contribution in [3.8, 4) is 0 Å². The molecule has 0 unspecified atom stereocenters. The summed E-state index contributed by atoms with van der Waals surface area (Å²) in [7, 11) is 4.04. The fraction of sp³-hybridized carbons (Fsp3) is 0.235. The van der Waals surface area contributed by atoms with Gasteiger partial charge in [-0.25, -0.2) is 0 Å². The monoisotopic (exact) mass is 268 g/mol. The van der Waals surface area contributed by atoms with Crippen LogP contribution in [0.15, 0.2) is 48.5 Å². The van der Waals surface area contributed by atoms with Crippen molar-refractivity contribution in [3.05, 3.63) is 65.2 Å². The lowest BCUT2D eigenvalue weighted by Gasteiger charge is -2.16. The summed E-state index contributed by atoms with van der Waals surface area (Å²) < 4.78 is 0. The molecule has 3 nitrogen and oxygen atoms in total. The number of aryl methyl sites for hydroxylation is 1. The van der Waals surface area contributed by atoms with Crippen LogP contribution in [0.1, 0.15) is 21.5 Å². The van der Waals surface area contributed by atoms with Gasteiger partial charge < -0.3 is 10.2 Å². The van der Waals surface area contributed by atoms with Crippen molar-refractivity contribution in [2.45, 2.75) is 13.5 Å². The van der Waals surface area contributed by atoms with Crippen LogP contribution in [0.5, 0.6) is 0 Å². The zero-order valence-electron chi connectivity index (χ0n) is 12.2. The number of rotatable bonds is 4. The zero-order valence-corrected chi connectivity index (χ0v) is 12.2. The third-order valence-corrected chi connectivity index (χ3v) is 3.03. The summed E-state index contributed by atoms with van der Waals surface area (Å²) in [5.41, 5.74) is 3.86. The zero-order chi connectivity index (χ0) is 14.5. The minimum absolute atomic E-state index is 0.0746. The summed E-state index contributed by atoms with van der Waals surface area (Å²) in [6, 6.07) is 15.4. The summed E-state index contributed by atoms with van der Waals surface area (Å²) >= 11 is 0. The van der Waals surface area contributed by atoms with E-state index in [1.54, 1.807) is 0 Å². The summed E-state index contributed by atoms with van der Waals surface area (Å²) in [4.78, 5) is 14.3. The van der Waals surface area contributed by atoms with Gasteiger partial charge in [-0.3, -0.25) is 4.79 Å². The lowest BCUT2D eigenvalue weighted by Crippen LogP contribution is -2.16. The maximum Gasteiger partial charge on any atom is 0.255 e. The Morgan fingerprint density at radius 2 is 1.80 bits per heavy atom. The molecule has 0 spiro atoms. The molecule has 20 heavy (non-hydrogen) atoms. The molecule has 0 aliphatic rings. The first-order valence-corrected chi connectivity index (χ1v) is 6.67. The molecule has 0 saturated heterocycles. The molecule has 0 aliphatic heterocycles. The minimum Gasteiger partial charge on any atom is -0.322 e. The number of amides is 1. The van der Waals surface area contributed by atoms with Gasteiger partial charge in [0.1, 0.15) is 0 Å². The van der Waals surface area contributed by atoms with Gasteiger partial charge >= 0.3 is 0 Å². The van der Waals surface area contributed by atoms with Crippen LogP contribution >= 0.6 is 0 Å². The summed E-state index contributed by atoms with van der Waals surface area (Å²) in [6.07, 6.45) is 0. The Kier molecular flexibility index (Phi) is 4.53. The van der Waals surface area contributed by atoms with Crippen LogP contribution in [0, 0.1) is 6.92 Å². The van der Waals surface area contributed by atoms with Crippen molar-refractivity contribution in [2.24, 2.45) is 0 Å². The first-order valence-electron chi connectivity index (χ1n) is 6.67. The normalized spacial score (nSPS) is 10.6. The number of nitrogens with one attached hydrogen (secondary N) is 1. The number of anilines is 1. The molecule has 0 aliphatic carbocycles. The van der Waals surface area contributed by atoms with Crippen LogP contribution < -0.4 is 5.32 Å². The van der Waals surface area contributed by atoms with Crippen LogP contribution in [-0.4, -0.2) is 24.9 Å². The Labute approximate surface area is 120 Å². The van der Waals surface area contributed by atoms with Crippen molar-refractivity contribution < 1.29 is 4.79 Å². The highest BCUT2D eigenvalue weighted by Gasteiger charge is 2.09. The summed E-state index contributed by atoms with van der Waals surface area (Å²) in [6.45, 7) is 2.86. The SMILES string of the molecule is Cc1ccc(NC(=O)c2ccccc2)c(CN(C)C)c1. The van der Waals surface area contributed by atoms with Gasteiger partial charge in [0, 0.05) is 17.8 Å². The fourth-order valence-corrected chi connectivity index (χ4v) is 2.10. The van der Waals surface area contributed by atoms with Crippen LogP contribution in [0.4, 0.5) is 5.69 Å². The highest BCUT2D eigenvalue weighted by molar-refractivity contribution is 6.04. The minimum atomic E-state index is -0.0746. The smallest absolute Gasteiger partial charge is 0.255 e. The largest absolute Gasteiger partial charge is 0.322 e. The molecule has 1 amide bonds. The van der Waals surface area contributed by atoms with Gasteiger partial charge in [-0.15, -0.1) is 0 Å². The van der Waals surface area contributed by atoms with E-state index in [9.17, 15) is 4.79 Å². The van der Waals surface area contributed by atoms with Crippen LogP contribution in [-0.2, 0) is 6.54 Å². The Morgan fingerprint density at radius 1 is 1.10 bits per heavy atom. The van der Waals surface area contributed by atoms with E-state index in [1.807, 2.05) is 56.6 Å². The number of carbonyl (C=O) groups excluding carboxylic acids is 1. The molecule has 2 rings (SSSR count). The summed E-state index contributed by atoms with van der Waals surface area (Å²) in [5, 5.41) is 2.99. The maximum atomic E-state index is 12.2. The average molecular weight is 268 g/mol. The van der Waals surface area contributed by atoms with E-state index in [1.165, 1.54) is 5.56 Å². The Bertz CT molecular complexity index is 591. The molecule has 0 bridgehead atoms. The molecular weight excluding hydrogens is 248 g/mol. The van der Waals surface area contributed by atoms with Crippen molar-refractivity contribution in [1.82, 2.24) is 4.90 Å². The van der Waals surface area contributed by atoms with Crippen molar-refractivity contribution in [2.75, 3.05) is 19.4 Å². The molecule has 2 aromatic rings. The topological polar surface area (TPSA) is 32.3 Å². The van der Waals surface area contributed by atoms with Gasteiger partial charge in [0.2, 0.25) is 0 Å². The van der Waals surface area contributed by atoms with E-state index in [4.69, 9.17) is 0 Å². The van der Waals surface area contributed by atoms with Crippen LogP contribution in [0.25, 0.3) is 0 Å². The quantitative estimate of drug-likeness (QED) is 0.922. The Balaban J connectivity index is 2.22. The summed E-state index contributed by atoms with van der Waals surface area (Å²) in [5.74, 6) is -0.0746. The Morgan fingerprint density at radius 3 is 2.45 bits per heavy atom. The van der Waals surface area contributed by atoms with Gasteiger partial charge in [-0.1, -0.05) is 35.9 Å². The molecule has 104 valence electrons. The Hall–Kier alpha value is -2.13. The predicted octanol–water partition coefficient (Wildman–Crippen LogP) is 3.31. The highest BCUT2D eigenvalue weighted by Crippen LogP contribution is 2.19. The van der Waals surface area contributed by atoms with E-state index in [-0.39, 0.29) is 5.91 Å². The second-order valence-corrected chi connectivity index (χ2v) is 5.22. The number of carbonyl (C=O) groups is 1. The third kappa shape index (κ3) is 3.68. The van der Waals surface area contributed by atoms with Crippen LogP contribution in [0.2, 0.25) is 0 Å². The molecule has 0 fully saturated rings. The molecule has 3 heteroatoms. The third-order valence-electron chi connectivity index (χ3n) is 3.03. The van der Waals surface area contributed by atoms with Crippen LogP contribution in [0.3, 0.4) is 0 Å². The van der Waals surface area contributed by atoms with Gasteiger partial charge in [0.15, 0.2) is 0 Å². The molecule has 2 aromatic carbocycles. The maximum absolute atomic E-state index is 12.2. The lowest BCUT2D eigenvalue weighted by molar-refractivity contribution is 0.102. The molecule has 0 atom stereocenters. The van der Waals surface area contributed by atoms with Crippen molar-refractivity contribution >= 4 is 11.6 Å². The second kappa shape index (κ2) is 6.35. The van der Waals surface area contributed by atoms with E-state index >= 15 is 0 Å². The molecule has 0 aromatic heterocycles. The van der Waals surface area contributed by atoms with Crippen molar-refractivity contribution in [3.63, 3.8) is 0 Å². The number of nitrogens with zero attached hydrogens (tertiary/aromatic N) is 1. The lowest BCUT2D eigenvalue weighted by atomic mass is 10.1. The second-order valence-electron chi connectivity index (χ2n) is 5.22. The van der Waals surface area contributed by atoms with E-state index in [2.05, 4.69) is 23.2 Å². The molecular formula is C17H20N2O. The molecule has 0 heterocycles. The van der Waals surface area contributed by atoms with Gasteiger partial charge in [-0.05, 0) is 44.8 Å². The number of hydrogen-bond donors (Lipinski definition) is 1. The van der Waals surface area contributed by atoms with Gasteiger partial charge in [-0.2, -0.15) is 0 Å². The number of benzene rings is 2. The fourth-order valence-electron chi connectivity index (χ4n) is 2.10. The first-order chi connectivity index (χ1) is 9.56. The molecule has 0 radical (unpaired) electrons. The standard InChI is InChI=1S/C17H20N2O/c1-13-9-10-16(15(11-13)12-19(2)3)18-17(20)14-7-5-4-6-8-14/h4-11H,12H2,1-3H3,(H,18,20). The van der Waals surface area contributed by atoms with Gasteiger partial charge in [0.25, 0.3) is 5.91 Å².